The highest BCUT2D eigenvalue weighted by Gasteiger charge is 2.24. The minimum Gasteiger partial charge on any atom is -0.424 e. The van der Waals surface area contributed by atoms with E-state index in [4.69, 9.17) is 4.74 Å². The molecular formula is C14H16BrNO2. The number of aromatic nitrogens is 1. The molecule has 0 atom stereocenters. The van der Waals surface area contributed by atoms with Gasteiger partial charge in [-0.3, -0.25) is 4.79 Å². The van der Waals surface area contributed by atoms with Crippen molar-refractivity contribution in [1.29, 1.82) is 0 Å². The first-order valence-electron chi connectivity index (χ1n) is 5.80. The fourth-order valence-electron chi connectivity index (χ4n) is 1.56. The largest absolute Gasteiger partial charge is 0.424 e. The third-order valence-electron chi connectivity index (χ3n) is 2.68. The van der Waals surface area contributed by atoms with E-state index in [0.717, 1.165) is 21.8 Å². The van der Waals surface area contributed by atoms with Crippen LogP contribution in [0.5, 0.6) is 5.75 Å². The zero-order valence-electron chi connectivity index (χ0n) is 10.7. The standard InChI is InChI=1S/C14H16BrNO2/c1-14(2,3)13(17)18-12-8-16-11-5-4-9(7-15)6-10(11)12/h4-6,8,16H,7H2,1-3H3. The van der Waals surface area contributed by atoms with Crippen molar-refractivity contribution in [1.82, 2.24) is 4.98 Å². The van der Waals surface area contributed by atoms with Crippen LogP contribution in [0.2, 0.25) is 0 Å². The number of carbonyl (C=O) groups is 1. The Balaban J connectivity index is 2.37. The van der Waals surface area contributed by atoms with Crippen LogP contribution in [-0.4, -0.2) is 11.0 Å². The first kappa shape index (κ1) is 13.1. The summed E-state index contributed by atoms with van der Waals surface area (Å²) in [4.78, 5) is 15.0. The monoisotopic (exact) mass is 309 g/mol. The third kappa shape index (κ3) is 2.58. The summed E-state index contributed by atoms with van der Waals surface area (Å²) in [6.07, 6.45) is 1.73. The summed E-state index contributed by atoms with van der Waals surface area (Å²) in [6.45, 7) is 5.52. The van der Waals surface area contributed by atoms with Crippen LogP contribution < -0.4 is 4.74 Å². The van der Waals surface area contributed by atoms with Gasteiger partial charge in [0.15, 0.2) is 5.75 Å². The molecule has 0 bridgehead atoms. The number of aromatic amines is 1. The Hall–Kier alpha value is -1.29. The second-order valence-electron chi connectivity index (χ2n) is 5.31. The van der Waals surface area contributed by atoms with Gasteiger partial charge in [0.2, 0.25) is 0 Å². The first-order chi connectivity index (χ1) is 8.41. The molecule has 0 fully saturated rings. The normalized spacial score (nSPS) is 11.8. The van der Waals surface area contributed by atoms with Gasteiger partial charge in [-0.05, 0) is 38.5 Å². The molecule has 0 unspecified atom stereocenters. The molecule has 3 nitrogen and oxygen atoms in total. The van der Waals surface area contributed by atoms with Crippen molar-refractivity contribution in [3.8, 4) is 5.75 Å². The number of hydrogen-bond acceptors (Lipinski definition) is 2. The lowest BCUT2D eigenvalue weighted by molar-refractivity contribution is -0.142. The Labute approximate surface area is 115 Å². The molecule has 0 saturated carbocycles. The van der Waals surface area contributed by atoms with Crippen LogP contribution in [0, 0.1) is 5.41 Å². The predicted molar refractivity (Wildman–Crippen MR) is 76.0 cm³/mol. The predicted octanol–water partition coefficient (Wildman–Crippen LogP) is 4.01. The molecule has 0 saturated heterocycles. The number of carbonyl (C=O) groups excluding carboxylic acids is 1. The fourth-order valence-corrected chi connectivity index (χ4v) is 1.91. The van der Waals surface area contributed by atoms with Gasteiger partial charge in [0, 0.05) is 22.4 Å². The van der Waals surface area contributed by atoms with Gasteiger partial charge in [-0.15, -0.1) is 0 Å². The number of esters is 1. The van der Waals surface area contributed by atoms with Gasteiger partial charge >= 0.3 is 5.97 Å². The Morgan fingerprint density at radius 2 is 2.11 bits per heavy atom. The molecule has 0 spiro atoms. The maximum absolute atomic E-state index is 11.9. The number of benzene rings is 1. The number of alkyl halides is 1. The molecule has 96 valence electrons. The number of H-pyrrole nitrogens is 1. The maximum atomic E-state index is 11.9. The van der Waals surface area contributed by atoms with Gasteiger partial charge in [0.05, 0.1) is 5.41 Å². The van der Waals surface area contributed by atoms with E-state index < -0.39 is 5.41 Å². The van der Waals surface area contributed by atoms with Crippen LogP contribution in [0.25, 0.3) is 10.9 Å². The van der Waals surface area contributed by atoms with E-state index in [0.29, 0.717) is 5.75 Å². The molecular weight excluding hydrogens is 294 g/mol. The van der Waals surface area contributed by atoms with E-state index in [1.165, 1.54) is 0 Å². The highest BCUT2D eigenvalue weighted by Crippen LogP contribution is 2.29. The van der Waals surface area contributed by atoms with Crippen molar-refractivity contribution in [2.45, 2.75) is 26.1 Å². The second kappa shape index (κ2) is 4.76. The average Bonchev–Trinajstić information content (AvgIpc) is 2.70. The number of ether oxygens (including phenoxy) is 1. The lowest BCUT2D eigenvalue weighted by atomic mass is 9.97. The zero-order chi connectivity index (χ0) is 13.3. The lowest BCUT2D eigenvalue weighted by Gasteiger charge is -2.15. The van der Waals surface area contributed by atoms with Crippen molar-refractivity contribution >= 4 is 32.8 Å². The molecule has 2 aromatic rings. The van der Waals surface area contributed by atoms with E-state index in [-0.39, 0.29) is 5.97 Å². The number of rotatable bonds is 2. The van der Waals surface area contributed by atoms with Crippen molar-refractivity contribution in [3.05, 3.63) is 30.0 Å². The fraction of sp³-hybridized carbons (Fsp3) is 0.357. The molecule has 1 aromatic heterocycles. The van der Waals surface area contributed by atoms with Crippen molar-refractivity contribution in [2.75, 3.05) is 0 Å². The highest BCUT2D eigenvalue weighted by molar-refractivity contribution is 9.08. The van der Waals surface area contributed by atoms with E-state index in [2.05, 4.69) is 20.9 Å². The van der Waals surface area contributed by atoms with Crippen LogP contribution in [-0.2, 0) is 10.1 Å². The van der Waals surface area contributed by atoms with Gasteiger partial charge in [-0.2, -0.15) is 0 Å². The smallest absolute Gasteiger partial charge is 0.316 e. The SMILES string of the molecule is CC(C)(C)C(=O)Oc1c[nH]c2ccc(CBr)cc12. The summed E-state index contributed by atoms with van der Waals surface area (Å²) >= 11 is 3.42. The number of nitrogens with one attached hydrogen (secondary N) is 1. The minimum atomic E-state index is -0.503. The second-order valence-corrected chi connectivity index (χ2v) is 5.87. The summed E-state index contributed by atoms with van der Waals surface area (Å²) in [5.41, 5.74) is 1.61. The Morgan fingerprint density at radius 1 is 1.39 bits per heavy atom. The van der Waals surface area contributed by atoms with Crippen LogP contribution in [0.1, 0.15) is 26.3 Å². The van der Waals surface area contributed by atoms with Crippen LogP contribution >= 0.6 is 15.9 Å². The molecule has 0 amide bonds. The molecule has 0 aliphatic rings. The molecule has 1 N–H and O–H groups in total. The molecule has 4 heteroatoms. The Bertz CT molecular complexity index is 581. The Kier molecular flexibility index (Phi) is 3.48. The van der Waals surface area contributed by atoms with E-state index in [1.54, 1.807) is 6.20 Å². The van der Waals surface area contributed by atoms with Gasteiger partial charge in [-0.25, -0.2) is 0 Å². The maximum Gasteiger partial charge on any atom is 0.316 e. The molecule has 18 heavy (non-hydrogen) atoms. The highest BCUT2D eigenvalue weighted by atomic mass is 79.9. The van der Waals surface area contributed by atoms with Gasteiger partial charge in [0.1, 0.15) is 0 Å². The van der Waals surface area contributed by atoms with Crippen molar-refractivity contribution < 1.29 is 9.53 Å². The molecule has 0 radical (unpaired) electrons. The number of hydrogen-bond donors (Lipinski definition) is 1. The summed E-state index contributed by atoms with van der Waals surface area (Å²) in [5.74, 6) is 0.361. The van der Waals surface area contributed by atoms with Crippen LogP contribution in [0.3, 0.4) is 0 Å². The average molecular weight is 310 g/mol. The third-order valence-corrected chi connectivity index (χ3v) is 3.33. The summed E-state index contributed by atoms with van der Waals surface area (Å²) in [6, 6.07) is 6.04. The number of halogens is 1. The number of fused-ring (bicyclic) bond motifs is 1. The topological polar surface area (TPSA) is 42.1 Å². The molecule has 0 aliphatic carbocycles. The molecule has 1 heterocycles. The lowest BCUT2D eigenvalue weighted by Crippen LogP contribution is -2.25. The van der Waals surface area contributed by atoms with Crippen molar-refractivity contribution in [3.63, 3.8) is 0 Å². The van der Waals surface area contributed by atoms with Crippen molar-refractivity contribution in [2.24, 2.45) is 5.41 Å². The molecule has 1 aromatic carbocycles. The van der Waals surface area contributed by atoms with Gasteiger partial charge in [0.25, 0.3) is 0 Å². The summed E-state index contributed by atoms with van der Waals surface area (Å²) in [7, 11) is 0. The summed E-state index contributed by atoms with van der Waals surface area (Å²) in [5, 5.41) is 1.71. The quantitative estimate of drug-likeness (QED) is 0.672. The zero-order valence-corrected chi connectivity index (χ0v) is 12.3. The van der Waals surface area contributed by atoms with E-state index >= 15 is 0 Å². The van der Waals surface area contributed by atoms with Gasteiger partial charge < -0.3 is 9.72 Å². The molecule has 0 aliphatic heterocycles. The van der Waals surface area contributed by atoms with Crippen LogP contribution in [0.4, 0.5) is 0 Å². The Morgan fingerprint density at radius 3 is 2.72 bits per heavy atom. The van der Waals surface area contributed by atoms with E-state index in [9.17, 15) is 4.79 Å². The van der Waals surface area contributed by atoms with Crippen LogP contribution in [0.15, 0.2) is 24.4 Å². The summed E-state index contributed by atoms with van der Waals surface area (Å²) < 4.78 is 5.45. The molecule has 2 rings (SSSR count). The van der Waals surface area contributed by atoms with Gasteiger partial charge in [-0.1, -0.05) is 22.0 Å². The van der Waals surface area contributed by atoms with E-state index in [1.807, 2.05) is 39.0 Å². The minimum absolute atomic E-state index is 0.229. The first-order valence-corrected chi connectivity index (χ1v) is 6.92.